The number of hydrogen-bond donors (Lipinski definition) is 2. The van der Waals surface area contributed by atoms with E-state index >= 15 is 0 Å². The molecule has 25 heavy (non-hydrogen) atoms. The number of hydrogen-bond acceptors (Lipinski definition) is 2. The highest BCUT2D eigenvalue weighted by Gasteiger charge is 2.17. The molecule has 4 heteroatoms. The van der Waals surface area contributed by atoms with Gasteiger partial charge in [0.25, 0.3) is 5.91 Å². The predicted molar refractivity (Wildman–Crippen MR) is 98.5 cm³/mol. The first-order valence-electron chi connectivity index (χ1n) is 9.29. The molecule has 0 saturated heterocycles. The van der Waals surface area contributed by atoms with E-state index in [0.29, 0.717) is 13.1 Å². The van der Waals surface area contributed by atoms with Crippen LogP contribution in [0.3, 0.4) is 0 Å². The summed E-state index contributed by atoms with van der Waals surface area (Å²) in [6, 6.07) is 10.7. The largest absolute Gasteiger partial charge is 0.460 e. The van der Waals surface area contributed by atoms with Crippen LogP contribution in [0, 0.1) is 6.92 Å². The molecule has 1 heterocycles. The van der Waals surface area contributed by atoms with Gasteiger partial charge in [-0.05, 0) is 68.4 Å². The van der Waals surface area contributed by atoms with Crippen LogP contribution in [0.5, 0.6) is 0 Å². The number of nitrogens with one attached hydrogen (secondary N) is 2. The van der Waals surface area contributed by atoms with Gasteiger partial charge < -0.3 is 14.6 Å². The lowest BCUT2D eigenvalue weighted by Crippen LogP contribution is -3.08. The minimum Gasteiger partial charge on any atom is -0.460 e. The van der Waals surface area contributed by atoms with Crippen molar-refractivity contribution in [1.82, 2.24) is 5.32 Å². The molecule has 2 aromatic rings. The predicted octanol–water partition coefficient (Wildman–Crippen LogP) is 2.36. The molecule has 1 aromatic carbocycles. The van der Waals surface area contributed by atoms with Crippen molar-refractivity contribution in [3.05, 3.63) is 58.5 Å². The third kappa shape index (κ3) is 4.73. The topological polar surface area (TPSA) is 46.7 Å². The zero-order valence-corrected chi connectivity index (χ0v) is 15.5. The Balaban J connectivity index is 1.53. The van der Waals surface area contributed by atoms with Crippen LogP contribution in [-0.2, 0) is 24.2 Å². The van der Waals surface area contributed by atoms with Gasteiger partial charge in [0.1, 0.15) is 12.3 Å². The highest BCUT2D eigenvalue weighted by Crippen LogP contribution is 2.24. The lowest BCUT2D eigenvalue weighted by molar-refractivity contribution is -0.886. The van der Waals surface area contributed by atoms with E-state index in [1.54, 1.807) is 0 Å². The molecule has 0 bridgehead atoms. The van der Waals surface area contributed by atoms with Gasteiger partial charge in [-0.25, -0.2) is 0 Å². The van der Waals surface area contributed by atoms with Crippen LogP contribution in [-0.4, -0.2) is 19.5 Å². The molecule has 134 valence electrons. The quantitative estimate of drug-likeness (QED) is 0.847. The Hall–Kier alpha value is -2.07. The Kier molecular flexibility index (Phi) is 5.59. The second kappa shape index (κ2) is 7.87. The molecule has 0 spiro atoms. The van der Waals surface area contributed by atoms with E-state index in [9.17, 15) is 4.79 Å². The minimum absolute atomic E-state index is 0.0402. The van der Waals surface area contributed by atoms with Crippen molar-refractivity contribution in [2.45, 2.75) is 52.1 Å². The second-order valence-electron chi connectivity index (χ2n) is 7.35. The molecule has 2 N–H and O–H groups in total. The van der Waals surface area contributed by atoms with Crippen LogP contribution in [0.1, 0.15) is 54.0 Å². The van der Waals surface area contributed by atoms with Crippen LogP contribution < -0.4 is 10.2 Å². The average molecular weight is 341 g/mol. The third-order valence-corrected chi connectivity index (χ3v) is 4.98. The number of amides is 1. The van der Waals surface area contributed by atoms with E-state index in [-0.39, 0.29) is 11.9 Å². The molecule has 3 rings (SSSR count). The summed E-state index contributed by atoms with van der Waals surface area (Å²) < 4.78 is 5.59. The summed E-state index contributed by atoms with van der Waals surface area (Å²) in [6.07, 6.45) is 4.93. The van der Waals surface area contributed by atoms with Gasteiger partial charge >= 0.3 is 0 Å². The smallest absolute Gasteiger partial charge is 0.275 e. The Labute approximate surface area is 150 Å². The van der Waals surface area contributed by atoms with E-state index in [1.807, 2.05) is 26.1 Å². The number of likely N-dealkylation sites (N-methyl/N-ethyl adjacent to an activating group) is 1. The standard InChI is InChI=1S/C21H28N2O2/c1-15-8-11-20(25-15)13-23(3)14-21(24)22-16(2)18-10-9-17-6-4-5-7-19(17)12-18/h8-12,16H,4-7,13-14H2,1-3H3,(H,22,24)/p+1/t16-/m1/s1. The molecule has 1 unspecified atom stereocenters. The zero-order valence-electron chi connectivity index (χ0n) is 15.5. The van der Waals surface area contributed by atoms with Crippen LogP contribution in [0.25, 0.3) is 0 Å². The minimum atomic E-state index is 0.0402. The maximum Gasteiger partial charge on any atom is 0.275 e. The van der Waals surface area contributed by atoms with E-state index < -0.39 is 0 Å². The number of carbonyl (C=O) groups is 1. The number of furan rings is 1. The molecule has 1 aliphatic rings. The fraction of sp³-hybridized carbons (Fsp3) is 0.476. The van der Waals surface area contributed by atoms with Crippen molar-refractivity contribution < 1.29 is 14.1 Å². The summed E-state index contributed by atoms with van der Waals surface area (Å²) in [6.45, 7) is 5.16. The van der Waals surface area contributed by atoms with Crippen LogP contribution >= 0.6 is 0 Å². The highest BCUT2D eigenvalue weighted by molar-refractivity contribution is 5.77. The lowest BCUT2D eigenvalue weighted by Gasteiger charge is -2.20. The second-order valence-corrected chi connectivity index (χ2v) is 7.35. The molecule has 4 nitrogen and oxygen atoms in total. The Bertz CT molecular complexity index is 735. The van der Waals surface area contributed by atoms with Gasteiger partial charge in [-0.15, -0.1) is 0 Å². The first kappa shape index (κ1) is 17.7. The van der Waals surface area contributed by atoms with Crippen molar-refractivity contribution in [1.29, 1.82) is 0 Å². The van der Waals surface area contributed by atoms with Crippen LogP contribution in [0.15, 0.2) is 34.7 Å². The molecule has 0 fully saturated rings. The highest BCUT2D eigenvalue weighted by atomic mass is 16.3. The molecular weight excluding hydrogens is 312 g/mol. The summed E-state index contributed by atoms with van der Waals surface area (Å²) in [5.74, 6) is 1.91. The maximum atomic E-state index is 12.4. The number of carbonyl (C=O) groups excluding carboxylic acids is 1. The number of aryl methyl sites for hydroxylation is 3. The van der Waals surface area contributed by atoms with Gasteiger partial charge in [0, 0.05) is 0 Å². The maximum absolute atomic E-state index is 12.4. The number of quaternary nitrogens is 1. The Morgan fingerprint density at radius 2 is 1.96 bits per heavy atom. The number of rotatable bonds is 6. The molecule has 0 radical (unpaired) electrons. The van der Waals surface area contributed by atoms with E-state index in [0.717, 1.165) is 16.4 Å². The summed E-state index contributed by atoms with van der Waals surface area (Å²) >= 11 is 0. The molecular formula is C21H29N2O2+. The van der Waals surface area contributed by atoms with Crippen molar-refractivity contribution in [3.63, 3.8) is 0 Å². The third-order valence-electron chi connectivity index (χ3n) is 4.98. The van der Waals surface area contributed by atoms with Crippen molar-refractivity contribution in [2.24, 2.45) is 0 Å². The van der Waals surface area contributed by atoms with Gasteiger partial charge in [0.2, 0.25) is 0 Å². The summed E-state index contributed by atoms with van der Waals surface area (Å²) in [4.78, 5) is 13.5. The molecule has 1 aliphatic carbocycles. The summed E-state index contributed by atoms with van der Waals surface area (Å²) in [5, 5.41) is 3.13. The number of benzene rings is 1. The Morgan fingerprint density at radius 1 is 1.20 bits per heavy atom. The van der Waals surface area contributed by atoms with Crippen LogP contribution in [0.4, 0.5) is 0 Å². The fourth-order valence-corrected chi connectivity index (χ4v) is 3.61. The molecule has 2 atom stereocenters. The normalized spacial score (nSPS) is 16.1. The van der Waals surface area contributed by atoms with Crippen molar-refractivity contribution in [2.75, 3.05) is 13.6 Å². The van der Waals surface area contributed by atoms with Gasteiger partial charge in [0.15, 0.2) is 12.3 Å². The fourth-order valence-electron chi connectivity index (χ4n) is 3.61. The van der Waals surface area contributed by atoms with E-state index in [4.69, 9.17) is 4.42 Å². The molecule has 1 aromatic heterocycles. The van der Waals surface area contributed by atoms with Gasteiger partial charge in [-0.3, -0.25) is 4.79 Å². The molecule has 1 amide bonds. The summed E-state index contributed by atoms with van der Waals surface area (Å²) in [5.41, 5.74) is 4.14. The first-order valence-corrected chi connectivity index (χ1v) is 9.29. The van der Waals surface area contributed by atoms with Gasteiger partial charge in [-0.1, -0.05) is 18.2 Å². The molecule has 0 aliphatic heterocycles. The SMILES string of the molecule is Cc1ccc(C[NH+](C)CC(=O)N[C@H](C)c2ccc3c(c2)CCCC3)o1. The van der Waals surface area contributed by atoms with Crippen LogP contribution in [0.2, 0.25) is 0 Å². The van der Waals surface area contributed by atoms with E-state index in [1.165, 1.54) is 42.4 Å². The lowest BCUT2D eigenvalue weighted by atomic mass is 9.89. The first-order chi connectivity index (χ1) is 12.0. The molecule has 0 saturated carbocycles. The van der Waals surface area contributed by atoms with Crippen molar-refractivity contribution >= 4 is 5.91 Å². The van der Waals surface area contributed by atoms with E-state index in [2.05, 4.69) is 30.4 Å². The average Bonchev–Trinajstić information content (AvgIpc) is 2.98. The van der Waals surface area contributed by atoms with Gasteiger partial charge in [-0.2, -0.15) is 0 Å². The van der Waals surface area contributed by atoms with Crippen molar-refractivity contribution in [3.8, 4) is 0 Å². The zero-order chi connectivity index (χ0) is 17.8. The summed E-state index contributed by atoms with van der Waals surface area (Å²) in [7, 11) is 2.01. The Morgan fingerprint density at radius 3 is 2.68 bits per heavy atom. The number of fused-ring (bicyclic) bond motifs is 1. The van der Waals surface area contributed by atoms with Gasteiger partial charge in [0.05, 0.1) is 13.1 Å². The monoisotopic (exact) mass is 341 g/mol.